The van der Waals surface area contributed by atoms with Gasteiger partial charge in [-0.25, -0.2) is 4.79 Å². The topological polar surface area (TPSA) is 48.3 Å². The van der Waals surface area contributed by atoms with Crippen molar-refractivity contribution >= 4 is 12.3 Å². The van der Waals surface area contributed by atoms with Crippen LogP contribution in [0.5, 0.6) is 0 Å². The number of carbonyl (C=O) groups is 2. The standard InChI is InChI=1S/C14H13NO3/c1-18-14(17)13-7-12(10-16)9-15(13)8-11-5-3-2-4-6-11/h2-7,9-10H,8H2,1H3. The molecular formula is C14H13NO3. The van der Waals surface area contributed by atoms with Crippen molar-refractivity contribution in [2.75, 3.05) is 7.11 Å². The average molecular weight is 243 g/mol. The maximum absolute atomic E-state index is 11.6. The Hall–Kier alpha value is -2.36. The van der Waals surface area contributed by atoms with Crippen molar-refractivity contribution in [3.63, 3.8) is 0 Å². The van der Waals surface area contributed by atoms with Crippen LogP contribution in [0.4, 0.5) is 0 Å². The van der Waals surface area contributed by atoms with E-state index in [2.05, 4.69) is 0 Å². The highest BCUT2D eigenvalue weighted by Crippen LogP contribution is 2.12. The molecule has 0 spiro atoms. The molecule has 0 aliphatic heterocycles. The van der Waals surface area contributed by atoms with E-state index in [-0.39, 0.29) is 0 Å². The van der Waals surface area contributed by atoms with E-state index >= 15 is 0 Å². The van der Waals surface area contributed by atoms with Crippen molar-refractivity contribution in [2.24, 2.45) is 0 Å². The van der Waals surface area contributed by atoms with Crippen molar-refractivity contribution in [2.45, 2.75) is 6.54 Å². The molecule has 4 nitrogen and oxygen atoms in total. The fourth-order valence-electron chi connectivity index (χ4n) is 1.78. The van der Waals surface area contributed by atoms with E-state index < -0.39 is 5.97 Å². The molecule has 1 aromatic carbocycles. The first-order chi connectivity index (χ1) is 8.74. The molecule has 4 heteroatoms. The van der Waals surface area contributed by atoms with Crippen molar-refractivity contribution in [1.29, 1.82) is 0 Å². The van der Waals surface area contributed by atoms with Crippen LogP contribution in [-0.2, 0) is 11.3 Å². The number of aromatic nitrogens is 1. The lowest BCUT2D eigenvalue weighted by Gasteiger charge is -2.07. The number of methoxy groups -OCH3 is 1. The predicted molar refractivity (Wildman–Crippen MR) is 66.7 cm³/mol. The Labute approximate surface area is 105 Å². The number of ether oxygens (including phenoxy) is 1. The summed E-state index contributed by atoms with van der Waals surface area (Å²) < 4.78 is 6.41. The van der Waals surface area contributed by atoms with Crippen molar-refractivity contribution in [1.82, 2.24) is 4.57 Å². The number of rotatable bonds is 4. The highest BCUT2D eigenvalue weighted by atomic mass is 16.5. The van der Waals surface area contributed by atoms with Gasteiger partial charge in [0.1, 0.15) is 5.69 Å². The third-order valence-electron chi connectivity index (χ3n) is 2.64. The van der Waals surface area contributed by atoms with Gasteiger partial charge in [-0.05, 0) is 11.6 Å². The Morgan fingerprint density at radius 3 is 2.67 bits per heavy atom. The summed E-state index contributed by atoms with van der Waals surface area (Å²) in [6.45, 7) is 0.527. The van der Waals surface area contributed by atoms with E-state index in [1.165, 1.54) is 13.2 Å². The van der Waals surface area contributed by atoms with Crippen LogP contribution in [0.25, 0.3) is 0 Å². The van der Waals surface area contributed by atoms with Gasteiger partial charge in [0.05, 0.1) is 7.11 Å². The van der Waals surface area contributed by atoms with Gasteiger partial charge < -0.3 is 9.30 Å². The molecule has 0 fully saturated rings. The first-order valence-corrected chi connectivity index (χ1v) is 5.52. The lowest BCUT2D eigenvalue weighted by molar-refractivity contribution is 0.0589. The van der Waals surface area contributed by atoms with Gasteiger partial charge in [0.15, 0.2) is 6.29 Å². The van der Waals surface area contributed by atoms with Gasteiger partial charge in [-0.2, -0.15) is 0 Å². The number of nitrogens with zero attached hydrogens (tertiary/aromatic N) is 1. The SMILES string of the molecule is COC(=O)c1cc(C=O)cn1Cc1ccccc1. The Morgan fingerprint density at radius 2 is 2.06 bits per heavy atom. The van der Waals surface area contributed by atoms with E-state index in [1.54, 1.807) is 10.8 Å². The molecule has 0 aliphatic rings. The van der Waals surface area contributed by atoms with Gasteiger partial charge >= 0.3 is 5.97 Å². The zero-order chi connectivity index (χ0) is 13.0. The molecule has 18 heavy (non-hydrogen) atoms. The molecule has 0 atom stereocenters. The number of hydrogen-bond donors (Lipinski definition) is 0. The minimum Gasteiger partial charge on any atom is -0.464 e. The summed E-state index contributed by atoms with van der Waals surface area (Å²) in [5.74, 6) is -0.445. The highest BCUT2D eigenvalue weighted by molar-refractivity contribution is 5.90. The van der Waals surface area contributed by atoms with E-state index in [0.29, 0.717) is 24.1 Å². The number of carbonyl (C=O) groups excluding carboxylic acids is 2. The molecule has 1 aromatic heterocycles. The summed E-state index contributed by atoms with van der Waals surface area (Å²) >= 11 is 0. The van der Waals surface area contributed by atoms with Crippen LogP contribution in [-0.4, -0.2) is 23.9 Å². The molecule has 0 aliphatic carbocycles. The largest absolute Gasteiger partial charge is 0.464 e. The summed E-state index contributed by atoms with van der Waals surface area (Å²) in [4.78, 5) is 22.4. The molecule has 0 amide bonds. The van der Waals surface area contributed by atoms with Crippen molar-refractivity contribution in [3.8, 4) is 0 Å². The molecular weight excluding hydrogens is 230 g/mol. The molecule has 0 saturated heterocycles. The first-order valence-electron chi connectivity index (χ1n) is 5.52. The molecule has 0 radical (unpaired) electrons. The zero-order valence-electron chi connectivity index (χ0n) is 10.00. The summed E-state index contributed by atoms with van der Waals surface area (Å²) in [6.07, 6.45) is 2.36. The van der Waals surface area contributed by atoms with Crippen molar-refractivity contribution in [3.05, 3.63) is 59.4 Å². The number of aldehydes is 1. The monoisotopic (exact) mass is 243 g/mol. The average Bonchev–Trinajstić information content (AvgIpc) is 2.82. The van der Waals surface area contributed by atoms with Crippen LogP contribution in [0.3, 0.4) is 0 Å². The van der Waals surface area contributed by atoms with Crippen LogP contribution in [0.15, 0.2) is 42.6 Å². The maximum Gasteiger partial charge on any atom is 0.354 e. The Bertz CT molecular complexity index is 558. The Balaban J connectivity index is 2.34. The van der Waals surface area contributed by atoms with Gasteiger partial charge in [-0.15, -0.1) is 0 Å². The second-order valence-corrected chi connectivity index (χ2v) is 3.88. The smallest absolute Gasteiger partial charge is 0.354 e. The fraction of sp³-hybridized carbons (Fsp3) is 0.143. The minimum absolute atomic E-state index is 0.378. The van der Waals surface area contributed by atoms with E-state index in [9.17, 15) is 9.59 Å². The third-order valence-corrected chi connectivity index (χ3v) is 2.64. The van der Waals surface area contributed by atoms with E-state index in [0.717, 1.165) is 5.56 Å². The molecule has 0 unspecified atom stereocenters. The van der Waals surface area contributed by atoms with Gasteiger partial charge in [-0.3, -0.25) is 4.79 Å². The lowest BCUT2D eigenvalue weighted by atomic mass is 10.2. The molecule has 2 rings (SSSR count). The van der Waals surface area contributed by atoms with Gasteiger partial charge in [0.2, 0.25) is 0 Å². The van der Waals surface area contributed by atoms with Crippen LogP contribution in [0.1, 0.15) is 26.4 Å². The predicted octanol–water partition coefficient (Wildman–Crippen LogP) is 2.14. The maximum atomic E-state index is 11.6. The van der Waals surface area contributed by atoms with Gasteiger partial charge in [0, 0.05) is 18.3 Å². The van der Waals surface area contributed by atoms with Gasteiger partial charge in [0.25, 0.3) is 0 Å². The molecule has 2 aromatic rings. The summed E-state index contributed by atoms with van der Waals surface area (Å²) in [6, 6.07) is 11.2. The van der Waals surface area contributed by atoms with Crippen molar-refractivity contribution < 1.29 is 14.3 Å². The van der Waals surface area contributed by atoms with E-state index in [1.807, 2.05) is 30.3 Å². The molecule has 0 bridgehead atoms. The number of hydrogen-bond acceptors (Lipinski definition) is 3. The quantitative estimate of drug-likeness (QED) is 0.610. The Morgan fingerprint density at radius 1 is 1.33 bits per heavy atom. The molecule has 0 saturated carbocycles. The second-order valence-electron chi connectivity index (χ2n) is 3.88. The molecule has 92 valence electrons. The van der Waals surface area contributed by atoms with Crippen LogP contribution >= 0.6 is 0 Å². The van der Waals surface area contributed by atoms with E-state index in [4.69, 9.17) is 4.74 Å². The fourth-order valence-corrected chi connectivity index (χ4v) is 1.78. The van der Waals surface area contributed by atoms with Crippen LogP contribution in [0.2, 0.25) is 0 Å². The second kappa shape index (κ2) is 5.31. The minimum atomic E-state index is -0.445. The Kier molecular flexibility index (Phi) is 3.57. The summed E-state index contributed by atoms with van der Waals surface area (Å²) in [5.41, 5.74) is 1.89. The normalized spacial score (nSPS) is 10.1. The van der Waals surface area contributed by atoms with Gasteiger partial charge in [-0.1, -0.05) is 30.3 Å². The molecule has 0 N–H and O–H groups in total. The third kappa shape index (κ3) is 2.48. The zero-order valence-corrected chi connectivity index (χ0v) is 10.00. The summed E-state index contributed by atoms with van der Waals surface area (Å²) in [7, 11) is 1.32. The highest BCUT2D eigenvalue weighted by Gasteiger charge is 2.13. The summed E-state index contributed by atoms with van der Waals surface area (Å²) in [5, 5.41) is 0. The molecule has 1 heterocycles. The number of esters is 1. The number of benzene rings is 1. The van der Waals surface area contributed by atoms with Crippen LogP contribution < -0.4 is 0 Å². The first kappa shape index (κ1) is 12.1. The van der Waals surface area contributed by atoms with Crippen LogP contribution in [0, 0.1) is 0 Å². The lowest BCUT2D eigenvalue weighted by Crippen LogP contribution is -2.10.